The van der Waals surface area contributed by atoms with Gasteiger partial charge in [0.25, 0.3) is 0 Å². The van der Waals surface area contributed by atoms with Crippen molar-refractivity contribution >= 4 is 29.5 Å². The number of nitrogens with zero attached hydrogens (tertiary/aromatic N) is 2. The van der Waals surface area contributed by atoms with Crippen molar-refractivity contribution in [2.75, 3.05) is 0 Å². The maximum atomic E-state index is 11.6. The number of fused-ring (bicyclic) bond motifs is 1. The normalized spacial score (nSPS) is 10.9. The number of nitrogens with one attached hydrogen (secondary N) is 2. The zero-order valence-corrected chi connectivity index (χ0v) is 10.5. The van der Waals surface area contributed by atoms with E-state index in [4.69, 9.17) is 23.8 Å². The molecule has 0 spiro atoms. The van der Waals surface area contributed by atoms with Crippen LogP contribution in [0, 0.1) is 4.77 Å². The molecule has 0 unspecified atom stereocenters. The molecule has 0 aliphatic heterocycles. The SMILES string of the molecule is O=c1[nH]c(=S)nc2c(-c3ccc(Cl)cc3)c[nH]n12. The quantitative estimate of drug-likeness (QED) is 0.672. The van der Waals surface area contributed by atoms with Gasteiger partial charge in [-0.2, -0.15) is 9.50 Å². The molecule has 5 nitrogen and oxygen atoms in total. The van der Waals surface area contributed by atoms with Gasteiger partial charge < -0.3 is 0 Å². The molecule has 18 heavy (non-hydrogen) atoms. The first-order valence-electron chi connectivity index (χ1n) is 5.11. The molecule has 0 bridgehead atoms. The van der Waals surface area contributed by atoms with Crippen molar-refractivity contribution < 1.29 is 0 Å². The number of aromatic nitrogens is 4. The van der Waals surface area contributed by atoms with E-state index in [2.05, 4.69) is 15.1 Å². The summed E-state index contributed by atoms with van der Waals surface area (Å²) in [6.07, 6.45) is 1.70. The Labute approximate surface area is 111 Å². The molecule has 0 radical (unpaired) electrons. The molecule has 0 saturated heterocycles. The fraction of sp³-hybridized carbons (Fsp3) is 0. The average molecular weight is 279 g/mol. The lowest BCUT2D eigenvalue weighted by molar-refractivity contribution is 0.833. The van der Waals surface area contributed by atoms with Gasteiger partial charge in [0.2, 0.25) is 4.77 Å². The lowest BCUT2D eigenvalue weighted by atomic mass is 10.1. The van der Waals surface area contributed by atoms with Crippen molar-refractivity contribution in [3.63, 3.8) is 0 Å². The van der Waals surface area contributed by atoms with Crippen molar-refractivity contribution in [1.82, 2.24) is 19.6 Å². The molecule has 0 amide bonds. The van der Waals surface area contributed by atoms with Crippen molar-refractivity contribution in [1.29, 1.82) is 0 Å². The van der Waals surface area contributed by atoms with Crippen LogP contribution in [0.15, 0.2) is 35.3 Å². The fourth-order valence-corrected chi connectivity index (χ4v) is 2.05. The van der Waals surface area contributed by atoms with E-state index in [0.29, 0.717) is 10.7 Å². The van der Waals surface area contributed by atoms with Gasteiger partial charge in [0, 0.05) is 16.8 Å². The molecule has 1 aromatic carbocycles. The summed E-state index contributed by atoms with van der Waals surface area (Å²) < 4.78 is 1.47. The first-order chi connectivity index (χ1) is 8.65. The largest absolute Gasteiger partial charge is 0.348 e. The second-order valence-electron chi connectivity index (χ2n) is 3.70. The van der Waals surface area contributed by atoms with E-state index in [9.17, 15) is 4.79 Å². The maximum Gasteiger partial charge on any atom is 0.348 e. The number of aromatic amines is 2. The van der Waals surface area contributed by atoms with Crippen LogP contribution in [0.4, 0.5) is 0 Å². The van der Waals surface area contributed by atoms with Crippen molar-refractivity contribution in [2.45, 2.75) is 0 Å². The zero-order chi connectivity index (χ0) is 12.7. The van der Waals surface area contributed by atoms with Gasteiger partial charge in [-0.15, -0.1) is 0 Å². The van der Waals surface area contributed by atoms with E-state index in [1.54, 1.807) is 18.3 Å². The van der Waals surface area contributed by atoms with Crippen LogP contribution in [0.3, 0.4) is 0 Å². The summed E-state index contributed by atoms with van der Waals surface area (Å²) in [5, 5.41) is 3.48. The van der Waals surface area contributed by atoms with Crippen LogP contribution in [-0.4, -0.2) is 19.6 Å². The van der Waals surface area contributed by atoms with Crippen molar-refractivity contribution in [3.05, 3.63) is 50.7 Å². The Morgan fingerprint density at radius 2 is 2.00 bits per heavy atom. The number of hydrogen-bond acceptors (Lipinski definition) is 3. The summed E-state index contributed by atoms with van der Waals surface area (Å²) in [6, 6.07) is 7.28. The minimum atomic E-state index is -0.342. The number of rotatable bonds is 1. The minimum Gasteiger partial charge on any atom is -0.295 e. The molecular weight excluding hydrogens is 272 g/mol. The monoisotopic (exact) mass is 278 g/mol. The van der Waals surface area contributed by atoms with E-state index >= 15 is 0 Å². The van der Waals surface area contributed by atoms with Gasteiger partial charge in [0.1, 0.15) is 0 Å². The molecule has 3 rings (SSSR count). The number of hydrogen-bond donors (Lipinski definition) is 2. The van der Waals surface area contributed by atoms with Gasteiger partial charge in [0.05, 0.1) is 0 Å². The molecule has 0 aliphatic rings. The molecule has 2 aromatic heterocycles. The Morgan fingerprint density at radius 3 is 2.72 bits per heavy atom. The number of benzene rings is 1. The van der Waals surface area contributed by atoms with Crippen LogP contribution in [0.5, 0.6) is 0 Å². The summed E-state index contributed by atoms with van der Waals surface area (Å²) in [5.41, 5.74) is 1.85. The van der Waals surface area contributed by atoms with Crippen LogP contribution in [0.25, 0.3) is 16.8 Å². The molecular formula is C11H7ClN4OS. The standard InChI is InChI=1S/C11H7ClN4OS/c12-7-3-1-6(2-4-7)8-5-13-16-9(8)14-10(18)15-11(16)17/h1-5,13H,(H,15,17,18). The summed E-state index contributed by atoms with van der Waals surface area (Å²) in [7, 11) is 0. The Kier molecular flexibility index (Phi) is 2.53. The average Bonchev–Trinajstić information content (AvgIpc) is 2.74. The topological polar surface area (TPSA) is 66.0 Å². The summed E-state index contributed by atoms with van der Waals surface area (Å²) in [6.45, 7) is 0. The molecule has 2 heterocycles. The van der Waals surface area contributed by atoms with Crippen molar-refractivity contribution in [2.24, 2.45) is 0 Å². The molecule has 0 aliphatic carbocycles. The predicted octanol–water partition coefficient (Wildman–Crippen LogP) is 2.40. The number of H-pyrrole nitrogens is 2. The van der Waals surface area contributed by atoms with E-state index in [0.717, 1.165) is 11.1 Å². The Morgan fingerprint density at radius 1 is 1.28 bits per heavy atom. The minimum absolute atomic E-state index is 0.162. The summed E-state index contributed by atoms with van der Waals surface area (Å²) >= 11 is 10.7. The van der Waals surface area contributed by atoms with Gasteiger partial charge in [0.15, 0.2) is 5.65 Å². The van der Waals surface area contributed by atoms with Crippen LogP contribution in [0.2, 0.25) is 5.02 Å². The summed E-state index contributed by atoms with van der Waals surface area (Å²) in [4.78, 5) is 18.2. The van der Waals surface area contributed by atoms with Crippen molar-refractivity contribution in [3.8, 4) is 11.1 Å². The van der Waals surface area contributed by atoms with Crippen LogP contribution >= 0.6 is 23.8 Å². The predicted molar refractivity (Wildman–Crippen MR) is 71.4 cm³/mol. The van der Waals surface area contributed by atoms with Gasteiger partial charge in [-0.05, 0) is 29.9 Å². The van der Waals surface area contributed by atoms with E-state index < -0.39 is 0 Å². The molecule has 0 atom stereocenters. The second kappa shape index (κ2) is 4.08. The molecule has 7 heteroatoms. The Bertz CT molecular complexity index is 831. The van der Waals surface area contributed by atoms with Gasteiger partial charge in [-0.1, -0.05) is 23.7 Å². The maximum absolute atomic E-state index is 11.6. The zero-order valence-electron chi connectivity index (χ0n) is 8.98. The molecule has 3 aromatic rings. The smallest absolute Gasteiger partial charge is 0.295 e. The third kappa shape index (κ3) is 1.75. The van der Waals surface area contributed by atoms with Crippen LogP contribution in [-0.2, 0) is 0 Å². The van der Waals surface area contributed by atoms with Gasteiger partial charge in [-0.3, -0.25) is 10.1 Å². The first-order valence-corrected chi connectivity index (χ1v) is 5.90. The van der Waals surface area contributed by atoms with Gasteiger partial charge >= 0.3 is 5.69 Å². The van der Waals surface area contributed by atoms with E-state index in [1.807, 2.05) is 12.1 Å². The Hall–Kier alpha value is -1.92. The highest BCUT2D eigenvalue weighted by atomic mass is 35.5. The highest BCUT2D eigenvalue weighted by molar-refractivity contribution is 7.71. The molecule has 0 saturated carbocycles. The first kappa shape index (κ1) is 11.2. The van der Waals surface area contributed by atoms with Gasteiger partial charge in [-0.25, -0.2) is 4.79 Å². The third-order valence-electron chi connectivity index (χ3n) is 2.57. The highest BCUT2D eigenvalue weighted by Gasteiger charge is 2.08. The molecule has 2 N–H and O–H groups in total. The number of halogens is 1. The fourth-order valence-electron chi connectivity index (χ4n) is 1.75. The van der Waals surface area contributed by atoms with E-state index in [-0.39, 0.29) is 10.5 Å². The van der Waals surface area contributed by atoms with E-state index in [1.165, 1.54) is 4.52 Å². The second-order valence-corrected chi connectivity index (χ2v) is 4.52. The lowest BCUT2D eigenvalue weighted by Gasteiger charge is -1.98. The Balaban J connectivity index is 2.33. The third-order valence-corrected chi connectivity index (χ3v) is 3.02. The lowest BCUT2D eigenvalue weighted by Crippen LogP contribution is -2.18. The highest BCUT2D eigenvalue weighted by Crippen LogP contribution is 2.23. The summed E-state index contributed by atoms with van der Waals surface area (Å²) in [5.74, 6) is 0. The van der Waals surface area contributed by atoms with Crippen LogP contribution < -0.4 is 5.69 Å². The molecule has 90 valence electrons. The molecule has 0 fully saturated rings. The van der Waals surface area contributed by atoms with Crippen LogP contribution in [0.1, 0.15) is 0 Å².